The van der Waals surface area contributed by atoms with Crippen LogP contribution in [0.5, 0.6) is 0 Å². The van der Waals surface area contributed by atoms with Crippen LogP contribution < -0.4 is 0 Å². The van der Waals surface area contributed by atoms with Crippen molar-refractivity contribution >= 4 is 0 Å². The molecule has 0 aliphatic carbocycles. The van der Waals surface area contributed by atoms with Crippen molar-refractivity contribution in [2.45, 2.75) is 40.0 Å². The van der Waals surface area contributed by atoms with Gasteiger partial charge in [-0.05, 0) is 25.3 Å². The van der Waals surface area contributed by atoms with Gasteiger partial charge in [0.15, 0.2) is 0 Å². The minimum atomic E-state index is 0.325. The molecule has 0 heterocycles. The zero-order valence-corrected chi connectivity index (χ0v) is 9.23. The van der Waals surface area contributed by atoms with Crippen molar-refractivity contribution in [3.63, 3.8) is 0 Å². The molecule has 0 N–H and O–H groups in total. The fourth-order valence-electron chi connectivity index (χ4n) is 1.36. The summed E-state index contributed by atoms with van der Waals surface area (Å²) in [7, 11) is 0. The van der Waals surface area contributed by atoms with Crippen LogP contribution in [0.1, 0.15) is 40.0 Å². The fourth-order valence-corrected chi connectivity index (χ4v) is 1.36. The molecular weight excluding hydrogens is 160 g/mol. The summed E-state index contributed by atoms with van der Waals surface area (Å²) in [5, 5.41) is 0. The van der Waals surface area contributed by atoms with E-state index in [1.165, 1.54) is 0 Å². The minimum absolute atomic E-state index is 0.325. The third-order valence-corrected chi connectivity index (χ3v) is 3.04. The van der Waals surface area contributed by atoms with E-state index in [4.69, 9.17) is 4.74 Å². The van der Waals surface area contributed by atoms with Crippen LogP contribution in [0.15, 0.2) is 25.0 Å². The highest BCUT2D eigenvalue weighted by molar-refractivity contribution is 5.02. The molecular formula is C12H22O. The Kier molecular flexibility index (Phi) is 5.52. The van der Waals surface area contributed by atoms with Gasteiger partial charge in [0.25, 0.3) is 0 Å². The lowest BCUT2D eigenvalue weighted by Crippen LogP contribution is -2.24. The summed E-state index contributed by atoms with van der Waals surface area (Å²) in [6, 6.07) is 0. The van der Waals surface area contributed by atoms with Gasteiger partial charge in [0, 0.05) is 5.41 Å². The van der Waals surface area contributed by atoms with E-state index in [2.05, 4.69) is 33.9 Å². The first kappa shape index (κ1) is 12.3. The summed E-state index contributed by atoms with van der Waals surface area (Å²) >= 11 is 0. The molecule has 0 aliphatic rings. The first-order chi connectivity index (χ1) is 6.14. The van der Waals surface area contributed by atoms with Crippen LogP contribution >= 0.6 is 0 Å². The van der Waals surface area contributed by atoms with Crippen LogP contribution in [0.4, 0.5) is 0 Å². The van der Waals surface area contributed by atoms with Gasteiger partial charge in [-0.15, -0.1) is 0 Å². The van der Waals surface area contributed by atoms with Crippen molar-refractivity contribution in [1.29, 1.82) is 0 Å². The van der Waals surface area contributed by atoms with Crippen LogP contribution in [-0.2, 0) is 4.74 Å². The smallest absolute Gasteiger partial charge is 0.111 e. The summed E-state index contributed by atoms with van der Waals surface area (Å²) in [5.41, 5.74) is 0.325. The van der Waals surface area contributed by atoms with E-state index in [1.54, 1.807) is 6.08 Å². The first-order valence-electron chi connectivity index (χ1n) is 5.08. The summed E-state index contributed by atoms with van der Waals surface area (Å²) < 4.78 is 5.52. The van der Waals surface area contributed by atoms with Crippen molar-refractivity contribution in [2.24, 2.45) is 5.41 Å². The molecule has 1 heteroatoms. The molecule has 13 heavy (non-hydrogen) atoms. The van der Waals surface area contributed by atoms with Gasteiger partial charge >= 0.3 is 0 Å². The Morgan fingerprint density at radius 3 is 2.00 bits per heavy atom. The highest BCUT2D eigenvalue weighted by atomic mass is 16.5. The van der Waals surface area contributed by atoms with Gasteiger partial charge in [0.05, 0.1) is 6.61 Å². The first-order valence-corrected chi connectivity index (χ1v) is 5.08. The lowest BCUT2D eigenvalue weighted by Gasteiger charge is -2.30. The van der Waals surface area contributed by atoms with Crippen LogP contribution in [0, 0.1) is 5.41 Å². The number of hydrogen-bond acceptors (Lipinski definition) is 1. The van der Waals surface area contributed by atoms with E-state index in [0.717, 1.165) is 25.9 Å². The van der Waals surface area contributed by atoms with Gasteiger partial charge in [0.1, 0.15) is 5.76 Å². The molecule has 0 fully saturated rings. The van der Waals surface area contributed by atoms with Crippen LogP contribution in [0.3, 0.4) is 0 Å². The van der Waals surface area contributed by atoms with Gasteiger partial charge in [-0.25, -0.2) is 0 Å². The molecule has 1 nitrogen and oxygen atoms in total. The SMILES string of the molecule is C=CC(=C)OCC(CC)(CC)CC. The maximum absolute atomic E-state index is 5.52. The number of rotatable bonds is 7. The maximum atomic E-state index is 5.52. The summed E-state index contributed by atoms with van der Waals surface area (Å²) in [5.74, 6) is 0.680. The number of hydrogen-bond donors (Lipinski definition) is 0. The van der Waals surface area contributed by atoms with Crippen LogP contribution in [-0.4, -0.2) is 6.61 Å². The van der Waals surface area contributed by atoms with E-state index in [1.807, 2.05) is 0 Å². The largest absolute Gasteiger partial charge is 0.494 e. The maximum Gasteiger partial charge on any atom is 0.111 e. The second-order valence-corrected chi connectivity index (χ2v) is 3.52. The highest BCUT2D eigenvalue weighted by Crippen LogP contribution is 2.31. The molecule has 0 saturated carbocycles. The summed E-state index contributed by atoms with van der Waals surface area (Å²) in [4.78, 5) is 0. The fraction of sp³-hybridized carbons (Fsp3) is 0.667. The molecule has 0 rings (SSSR count). The average molecular weight is 182 g/mol. The van der Waals surface area contributed by atoms with Gasteiger partial charge in [-0.1, -0.05) is 33.9 Å². The normalized spacial score (nSPS) is 11.0. The lowest BCUT2D eigenvalue weighted by atomic mass is 9.81. The Morgan fingerprint density at radius 2 is 1.69 bits per heavy atom. The van der Waals surface area contributed by atoms with Crippen molar-refractivity contribution in [1.82, 2.24) is 0 Å². The van der Waals surface area contributed by atoms with Crippen LogP contribution in [0.2, 0.25) is 0 Å². The average Bonchev–Trinajstić information content (AvgIpc) is 2.20. The predicted octanol–water partition coefficient (Wildman–Crippen LogP) is 3.92. The Balaban J connectivity index is 4.09. The second-order valence-electron chi connectivity index (χ2n) is 3.52. The molecule has 76 valence electrons. The van der Waals surface area contributed by atoms with Crippen molar-refractivity contribution in [2.75, 3.05) is 6.61 Å². The van der Waals surface area contributed by atoms with E-state index in [9.17, 15) is 0 Å². The Morgan fingerprint density at radius 1 is 1.23 bits per heavy atom. The molecule has 0 bridgehead atoms. The Bertz CT molecular complexity index is 158. The molecule has 0 atom stereocenters. The number of allylic oxidation sites excluding steroid dienone is 1. The zero-order valence-electron chi connectivity index (χ0n) is 9.23. The molecule has 0 aromatic rings. The monoisotopic (exact) mass is 182 g/mol. The van der Waals surface area contributed by atoms with E-state index in [-0.39, 0.29) is 0 Å². The molecule has 0 unspecified atom stereocenters. The van der Waals surface area contributed by atoms with E-state index in [0.29, 0.717) is 11.2 Å². The quantitative estimate of drug-likeness (QED) is 0.428. The lowest BCUT2D eigenvalue weighted by molar-refractivity contribution is 0.0840. The Labute approximate surface area is 82.5 Å². The van der Waals surface area contributed by atoms with Gasteiger partial charge in [-0.2, -0.15) is 0 Å². The molecule has 0 aromatic carbocycles. The molecule has 0 saturated heterocycles. The topological polar surface area (TPSA) is 9.23 Å². The van der Waals surface area contributed by atoms with Gasteiger partial charge in [0.2, 0.25) is 0 Å². The van der Waals surface area contributed by atoms with Crippen molar-refractivity contribution in [3.8, 4) is 0 Å². The zero-order chi connectivity index (χ0) is 10.3. The molecule has 0 aliphatic heterocycles. The third kappa shape index (κ3) is 3.67. The molecule has 0 spiro atoms. The van der Waals surface area contributed by atoms with Crippen molar-refractivity contribution < 1.29 is 4.74 Å². The van der Waals surface area contributed by atoms with Gasteiger partial charge < -0.3 is 4.74 Å². The van der Waals surface area contributed by atoms with Gasteiger partial charge in [-0.3, -0.25) is 0 Å². The van der Waals surface area contributed by atoms with Crippen molar-refractivity contribution in [3.05, 3.63) is 25.0 Å². The second kappa shape index (κ2) is 5.85. The Hall–Kier alpha value is -0.720. The van der Waals surface area contributed by atoms with E-state index >= 15 is 0 Å². The third-order valence-electron chi connectivity index (χ3n) is 3.04. The molecule has 0 amide bonds. The minimum Gasteiger partial charge on any atom is -0.494 e. The molecule has 0 radical (unpaired) electrons. The highest BCUT2D eigenvalue weighted by Gasteiger charge is 2.24. The number of ether oxygens (including phenoxy) is 1. The molecule has 0 aromatic heterocycles. The van der Waals surface area contributed by atoms with E-state index < -0.39 is 0 Å². The summed E-state index contributed by atoms with van der Waals surface area (Å²) in [6.07, 6.45) is 5.13. The standard InChI is InChI=1S/C12H22O/c1-6-11(5)13-10-12(7-2,8-3)9-4/h6H,1,5,7-10H2,2-4H3. The van der Waals surface area contributed by atoms with Crippen LogP contribution in [0.25, 0.3) is 0 Å². The summed E-state index contributed by atoms with van der Waals surface area (Å²) in [6.45, 7) is 14.8. The predicted molar refractivity (Wildman–Crippen MR) is 58.6 cm³/mol.